The van der Waals surface area contributed by atoms with Crippen molar-refractivity contribution in [3.63, 3.8) is 0 Å². The molecular formula is C14H27NO3. The van der Waals surface area contributed by atoms with Crippen LogP contribution in [0.25, 0.3) is 0 Å². The molecule has 1 aliphatic rings. The number of hydrogen-bond acceptors (Lipinski definition) is 4. The second-order valence-electron chi connectivity index (χ2n) is 6.46. The third kappa shape index (κ3) is 4.94. The Morgan fingerprint density at radius 1 is 1.44 bits per heavy atom. The van der Waals surface area contributed by atoms with Crippen LogP contribution in [0.2, 0.25) is 0 Å². The van der Waals surface area contributed by atoms with Crippen LogP contribution in [-0.2, 0) is 14.3 Å². The van der Waals surface area contributed by atoms with E-state index in [-0.39, 0.29) is 18.2 Å². The van der Waals surface area contributed by atoms with Gasteiger partial charge in [-0.2, -0.15) is 0 Å². The molecule has 0 heterocycles. The molecule has 0 aromatic rings. The van der Waals surface area contributed by atoms with Crippen molar-refractivity contribution in [2.45, 2.75) is 64.6 Å². The summed E-state index contributed by atoms with van der Waals surface area (Å²) in [5.74, 6) is 0.300. The van der Waals surface area contributed by atoms with Crippen LogP contribution in [0.4, 0.5) is 0 Å². The first kappa shape index (κ1) is 15.4. The molecule has 1 rings (SSSR count). The molecule has 0 bridgehead atoms. The minimum absolute atomic E-state index is 0.00118. The second-order valence-corrected chi connectivity index (χ2v) is 6.46. The van der Waals surface area contributed by atoms with Gasteiger partial charge in [-0.1, -0.05) is 19.8 Å². The molecule has 18 heavy (non-hydrogen) atoms. The van der Waals surface area contributed by atoms with Gasteiger partial charge in [-0.15, -0.1) is 0 Å². The van der Waals surface area contributed by atoms with Crippen molar-refractivity contribution in [2.75, 3.05) is 13.2 Å². The van der Waals surface area contributed by atoms with Crippen molar-refractivity contribution in [1.29, 1.82) is 0 Å². The lowest BCUT2D eigenvalue weighted by molar-refractivity contribution is -0.169. The van der Waals surface area contributed by atoms with Crippen molar-refractivity contribution in [1.82, 2.24) is 0 Å². The molecule has 2 atom stereocenters. The zero-order valence-corrected chi connectivity index (χ0v) is 12.1. The summed E-state index contributed by atoms with van der Waals surface area (Å²) in [6, 6.07) is 0. The van der Waals surface area contributed by atoms with Gasteiger partial charge in [-0.3, -0.25) is 0 Å². The molecule has 106 valence electrons. The SMILES string of the molecule is CC1CCCC(CN)(OCC(=O)OC(C)(C)C)C1. The van der Waals surface area contributed by atoms with E-state index in [1.54, 1.807) is 0 Å². The molecule has 4 heteroatoms. The summed E-state index contributed by atoms with van der Waals surface area (Å²) >= 11 is 0. The molecule has 0 aromatic carbocycles. The first-order chi connectivity index (χ1) is 8.26. The van der Waals surface area contributed by atoms with Crippen molar-refractivity contribution in [3.05, 3.63) is 0 Å². The minimum atomic E-state index is -0.462. The first-order valence-corrected chi connectivity index (χ1v) is 6.82. The van der Waals surface area contributed by atoms with Crippen LogP contribution in [0, 0.1) is 5.92 Å². The molecule has 0 spiro atoms. The van der Waals surface area contributed by atoms with Gasteiger partial charge in [0.2, 0.25) is 0 Å². The molecule has 1 saturated carbocycles. The molecular weight excluding hydrogens is 230 g/mol. The largest absolute Gasteiger partial charge is 0.458 e. The van der Waals surface area contributed by atoms with Gasteiger partial charge in [0, 0.05) is 6.54 Å². The Balaban J connectivity index is 2.46. The molecule has 0 amide bonds. The predicted octanol–water partition coefficient (Wildman–Crippen LogP) is 2.25. The maximum atomic E-state index is 11.7. The minimum Gasteiger partial charge on any atom is -0.458 e. The lowest BCUT2D eigenvalue weighted by Gasteiger charge is -2.39. The van der Waals surface area contributed by atoms with Gasteiger partial charge >= 0.3 is 5.97 Å². The van der Waals surface area contributed by atoms with Gasteiger partial charge in [0.15, 0.2) is 0 Å². The van der Waals surface area contributed by atoms with E-state index >= 15 is 0 Å². The Morgan fingerprint density at radius 2 is 2.11 bits per heavy atom. The molecule has 0 aromatic heterocycles. The van der Waals surface area contributed by atoms with Crippen molar-refractivity contribution < 1.29 is 14.3 Å². The molecule has 1 aliphatic carbocycles. The van der Waals surface area contributed by atoms with E-state index in [1.807, 2.05) is 20.8 Å². The maximum absolute atomic E-state index is 11.7. The highest BCUT2D eigenvalue weighted by Gasteiger charge is 2.35. The van der Waals surface area contributed by atoms with Crippen LogP contribution < -0.4 is 5.73 Å². The van der Waals surface area contributed by atoms with Gasteiger partial charge in [0.05, 0.1) is 5.60 Å². The topological polar surface area (TPSA) is 61.5 Å². The van der Waals surface area contributed by atoms with Crippen LogP contribution in [-0.4, -0.2) is 30.3 Å². The molecule has 0 saturated heterocycles. The van der Waals surface area contributed by atoms with Crippen LogP contribution in [0.3, 0.4) is 0 Å². The standard InChI is InChI=1S/C14H27NO3/c1-11-6-5-7-14(8-11,10-15)17-9-12(16)18-13(2,3)4/h11H,5-10,15H2,1-4H3. The van der Waals surface area contributed by atoms with Gasteiger partial charge < -0.3 is 15.2 Å². The lowest BCUT2D eigenvalue weighted by Crippen LogP contribution is -2.46. The monoisotopic (exact) mass is 257 g/mol. The van der Waals surface area contributed by atoms with E-state index < -0.39 is 5.60 Å². The highest BCUT2D eigenvalue weighted by atomic mass is 16.6. The van der Waals surface area contributed by atoms with Gasteiger partial charge in [-0.25, -0.2) is 4.79 Å². The first-order valence-electron chi connectivity index (χ1n) is 6.82. The average molecular weight is 257 g/mol. The van der Waals surface area contributed by atoms with E-state index in [4.69, 9.17) is 15.2 Å². The molecule has 2 N–H and O–H groups in total. The molecule has 2 unspecified atom stereocenters. The summed E-state index contributed by atoms with van der Waals surface area (Å²) < 4.78 is 11.0. The van der Waals surface area contributed by atoms with Crippen molar-refractivity contribution in [2.24, 2.45) is 11.7 Å². The number of nitrogens with two attached hydrogens (primary N) is 1. The Morgan fingerprint density at radius 3 is 2.61 bits per heavy atom. The van der Waals surface area contributed by atoms with Crippen LogP contribution in [0.5, 0.6) is 0 Å². The summed E-state index contributed by atoms with van der Waals surface area (Å²) in [5.41, 5.74) is 5.05. The van der Waals surface area contributed by atoms with E-state index in [2.05, 4.69) is 6.92 Å². The summed E-state index contributed by atoms with van der Waals surface area (Å²) in [7, 11) is 0. The summed E-state index contributed by atoms with van der Waals surface area (Å²) in [6.45, 7) is 8.24. The van der Waals surface area contributed by atoms with Gasteiger partial charge in [0.1, 0.15) is 12.2 Å². The fraction of sp³-hybridized carbons (Fsp3) is 0.929. The molecule has 0 radical (unpaired) electrons. The second kappa shape index (κ2) is 6.02. The van der Waals surface area contributed by atoms with Crippen LogP contribution >= 0.6 is 0 Å². The number of carbonyl (C=O) groups excluding carboxylic acids is 1. The van der Waals surface area contributed by atoms with E-state index in [0.717, 1.165) is 19.3 Å². The number of rotatable bonds is 4. The normalized spacial score (nSPS) is 29.1. The fourth-order valence-corrected chi connectivity index (χ4v) is 2.57. The predicted molar refractivity (Wildman–Crippen MR) is 71.2 cm³/mol. The Hall–Kier alpha value is -0.610. The highest BCUT2D eigenvalue weighted by molar-refractivity contribution is 5.71. The van der Waals surface area contributed by atoms with Gasteiger partial charge in [-0.05, 0) is 39.5 Å². The third-order valence-corrected chi connectivity index (χ3v) is 3.34. The summed E-state index contributed by atoms with van der Waals surface area (Å²) in [6.07, 6.45) is 4.22. The summed E-state index contributed by atoms with van der Waals surface area (Å²) in [5, 5.41) is 0. The number of esters is 1. The highest BCUT2D eigenvalue weighted by Crippen LogP contribution is 2.34. The smallest absolute Gasteiger partial charge is 0.332 e. The van der Waals surface area contributed by atoms with Crippen LogP contribution in [0.1, 0.15) is 53.4 Å². The van der Waals surface area contributed by atoms with Crippen LogP contribution in [0.15, 0.2) is 0 Å². The Kier molecular flexibility index (Phi) is 5.17. The van der Waals surface area contributed by atoms with Gasteiger partial charge in [0.25, 0.3) is 0 Å². The number of carbonyl (C=O) groups is 1. The zero-order valence-electron chi connectivity index (χ0n) is 12.1. The quantitative estimate of drug-likeness (QED) is 0.785. The van der Waals surface area contributed by atoms with E-state index in [0.29, 0.717) is 12.5 Å². The number of hydrogen-bond donors (Lipinski definition) is 1. The van der Waals surface area contributed by atoms with E-state index in [9.17, 15) is 4.79 Å². The fourth-order valence-electron chi connectivity index (χ4n) is 2.57. The Bertz CT molecular complexity index is 285. The summed E-state index contributed by atoms with van der Waals surface area (Å²) in [4.78, 5) is 11.7. The third-order valence-electron chi connectivity index (χ3n) is 3.34. The Labute approximate surface area is 110 Å². The molecule has 1 fully saturated rings. The van der Waals surface area contributed by atoms with Crippen molar-refractivity contribution in [3.8, 4) is 0 Å². The average Bonchev–Trinajstić information content (AvgIpc) is 2.24. The lowest BCUT2D eigenvalue weighted by atomic mass is 9.79. The maximum Gasteiger partial charge on any atom is 0.332 e. The molecule has 0 aliphatic heterocycles. The zero-order chi connectivity index (χ0) is 13.8. The van der Waals surface area contributed by atoms with Crippen molar-refractivity contribution >= 4 is 5.97 Å². The van der Waals surface area contributed by atoms with E-state index in [1.165, 1.54) is 6.42 Å². The number of ether oxygens (including phenoxy) is 2. The molecule has 4 nitrogen and oxygen atoms in total.